The van der Waals surface area contributed by atoms with E-state index in [2.05, 4.69) is 28.8 Å². The summed E-state index contributed by atoms with van der Waals surface area (Å²) in [6.45, 7) is 5.60. The van der Waals surface area contributed by atoms with E-state index in [1.807, 2.05) is 22.8 Å². The van der Waals surface area contributed by atoms with Gasteiger partial charge in [0.2, 0.25) is 0 Å². The van der Waals surface area contributed by atoms with E-state index < -0.39 is 0 Å². The van der Waals surface area contributed by atoms with Gasteiger partial charge in [-0.05, 0) is 45.4 Å². The van der Waals surface area contributed by atoms with Crippen molar-refractivity contribution in [1.29, 1.82) is 0 Å². The highest BCUT2D eigenvalue weighted by atomic mass is 16.5. The molecule has 0 aromatic carbocycles. The summed E-state index contributed by atoms with van der Waals surface area (Å²) in [6.07, 6.45) is 4.27. The summed E-state index contributed by atoms with van der Waals surface area (Å²) < 4.78 is 7.15. The van der Waals surface area contributed by atoms with Gasteiger partial charge in [-0.25, -0.2) is 9.50 Å². The zero-order valence-electron chi connectivity index (χ0n) is 11.7. The molecule has 0 N–H and O–H groups in total. The second kappa shape index (κ2) is 4.81. The number of likely N-dealkylation sites (tertiary alicyclic amines) is 1. The largest absolute Gasteiger partial charge is 0.493 e. The topological polar surface area (TPSA) is 42.7 Å². The predicted octanol–water partition coefficient (Wildman–Crippen LogP) is 2.28. The van der Waals surface area contributed by atoms with Crippen molar-refractivity contribution in [1.82, 2.24) is 19.5 Å². The summed E-state index contributed by atoms with van der Waals surface area (Å²) in [4.78, 5) is 7.16. The number of fused-ring (bicyclic) bond motifs is 1. The quantitative estimate of drug-likeness (QED) is 0.849. The zero-order chi connectivity index (χ0) is 13.4. The highest BCUT2D eigenvalue weighted by molar-refractivity contribution is 5.52. The van der Waals surface area contributed by atoms with E-state index in [0.29, 0.717) is 12.1 Å². The molecule has 1 saturated heterocycles. The Balaban J connectivity index is 2.01. The highest BCUT2D eigenvalue weighted by Gasteiger charge is 2.31. The van der Waals surface area contributed by atoms with Crippen LogP contribution >= 0.6 is 0 Å². The molecule has 1 aliphatic heterocycles. The average Bonchev–Trinajstić information content (AvgIpc) is 3.03. The molecule has 1 fully saturated rings. The van der Waals surface area contributed by atoms with E-state index in [0.717, 1.165) is 30.2 Å². The van der Waals surface area contributed by atoms with Crippen LogP contribution in [0.3, 0.4) is 0 Å². The van der Waals surface area contributed by atoms with Crippen LogP contribution in [0, 0.1) is 0 Å². The SMILES string of the molecule is COc1cccn2nc(C3CCCN3C(C)C)nc12. The first-order valence-corrected chi connectivity index (χ1v) is 6.85. The summed E-state index contributed by atoms with van der Waals surface area (Å²) in [7, 11) is 1.67. The first-order chi connectivity index (χ1) is 9.20. The Morgan fingerprint density at radius 2 is 2.26 bits per heavy atom. The van der Waals surface area contributed by atoms with Crippen molar-refractivity contribution in [3.05, 3.63) is 24.2 Å². The first-order valence-electron chi connectivity index (χ1n) is 6.85. The maximum atomic E-state index is 5.34. The minimum atomic E-state index is 0.338. The molecular weight excluding hydrogens is 240 g/mol. The molecule has 3 heterocycles. The average molecular weight is 260 g/mol. The van der Waals surface area contributed by atoms with E-state index in [9.17, 15) is 0 Å². The van der Waals surface area contributed by atoms with E-state index >= 15 is 0 Å². The molecule has 1 atom stereocenters. The van der Waals surface area contributed by atoms with Crippen LogP contribution in [-0.2, 0) is 0 Å². The van der Waals surface area contributed by atoms with Gasteiger partial charge in [-0.15, -0.1) is 5.10 Å². The van der Waals surface area contributed by atoms with Gasteiger partial charge in [0.05, 0.1) is 13.2 Å². The summed E-state index contributed by atoms with van der Waals surface area (Å²) in [5.74, 6) is 1.69. The van der Waals surface area contributed by atoms with E-state index in [-0.39, 0.29) is 0 Å². The Morgan fingerprint density at radius 1 is 1.42 bits per heavy atom. The molecule has 5 nitrogen and oxygen atoms in total. The number of rotatable bonds is 3. The lowest BCUT2D eigenvalue weighted by atomic mass is 10.2. The fraction of sp³-hybridized carbons (Fsp3) is 0.571. The Labute approximate surface area is 113 Å². The van der Waals surface area contributed by atoms with Gasteiger partial charge in [-0.3, -0.25) is 4.90 Å². The molecule has 2 aromatic heterocycles. The van der Waals surface area contributed by atoms with E-state index in [1.165, 1.54) is 6.42 Å². The maximum Gasteiger partial charge on any atom is 0.198 e. The third-order valence-electron chi connectivity index (χ3n) is 3.82. The van der Waals surface area contributed by atoms with Crippen LogP contribution in [-0.4, -0.2) is 39.2 Å². The summed E-state index contributed by atoms with van der Waals surface area (Å²) in [5.41, 5.74) is 0.801. The van der Waals surface area contributed by atoms with Crippen LogP contribution in [0.25, 0.3) is 5.65 Å². The molecule has 2 aromatic rings. The Morgan fingerprint density at radius 3 is 3.00 bits per heavy atom. The number of hydrogen-bond donors (Lipinski definition) is 0. The van der Waals surface area contributed by atoms with Gasteiger partial charge < -0.3 is 4.74 Å². The number of hydrogen-bond acceptors (Lipinski definition) is 4. The van der Waals surface area contributed by atoms with Gasteiger partial charge in [-0.1, -0.05) is 0 Å². The molecule has 1 aliphatic rings. The molecule has 0 bridgehead atoms. The normalized spacial score (nSPS) is 20.5. The molecule has 0 radical (unpaired) electrons. The van der Waals surface area contributed by atoms with Crippen LogP contribution < -0.4 is 4.74 Å². The van der Waals surface area contributed by atoms with Gasteiger partial charge in [0.15, 0.2) is 17.2 Å². The van der Waals surface area contributed by atoms with Crippen molar-refractivity contribution < 1.29 is 4.74 Å². The summed E-state index contributed by atoms with van der Waals surface area (Å²) in [5, 5.41) is 4.62. The molecule has 19 heavy (non-hydrogen) atoms. The minimum Gasteiger partial charge on any atom is -0.493 e. The van der Waals surface area contributed by atoms with Crippen molar-refractivity contribution in [2.75, 3.05) is 13.7 Å². The second-order valence-electron chi connectivity index (χ2n) is 5.30. The van der Waals surface area contributed by atoms with Crippen molar-refractivity contribution in [2.24, 2.45) is 0 Å². The Bertz CT molecular complexity index is 578. The van der Waals surface area contributed by atoms with Crippen LogP contribution in [0.1, 0.15) is 38.6 Å². The van der Waals surface area contributed by atoms with Crippen LogP contribution in [0.15, 0.2) is 18.3 Å². The van der Waals surface area contributed by atoms with Crippen LogP contribution in [0.5, 0.6) is 5.75 Å². The Kier molecular flexibility index (Phi) is 3.14. The van der Waals surface area contributed by atoms with Gasteiger partial charge in [0, 0.05) is 12.2 Å². The van der Waals surface area contributed by atoms with Crippen molar-refractivity contribution >= 4 is 5.65 Å². The molecule has 5 heteroatoms. The van der Waals surface area contributed by atoms with Crippen molar-refractivity contribution in [2.45, 2.75) is 38.8 Å². The summed E-state index contributed by atoms with van der Waals surface area (Å²) >= 11 is 0. The zero-order valence-corrected chi connectivity index (χ0v) is 11.7. The van der Waals surface area contributed by atoms with E-state index in [1.54, 1.807) is 7.11 Å². The number of methoxy groups -OCH3 is 1. The van der Waals surface area contributed by atoms with E-state index in [4.69, 9.17) is 4.74 Å². The predicted molar refractivity (Wildman–Crippen MR) is 73.4 cm³/mol. The lowest BCUT2D eigenvalue weighted by molar-refractivity contribution is 0.199. The number of nitrogens with zero attached hydrogens (tertiary/aromatic N) is 4. The monoisotopic (exact) mass is 260 g/mol. The number of pyridine rings is 1. The molecular formula is C14H20N4O. The third kappa shape index (κ3) is 2.08. The molecule has 0 amide bonds. The standard InChI is InChI=1S/C14H20N4O/c1-10(2)17-8-4-6-11(17)13-15-14-12(19-3)7-5-9-18(14)16-13/h5,7,9-11H,4,6,8H2,1-3H3. The molecule has 1 unspecified atom stereocenters. The molecule has 102 valence electrons. The Hall–Kier alpha value is -1.62. The highest BCUT2D eigenvalue weighted by Crippen LogP contribution is 2.32. The van der Waals surface area contributed by atoms with Gasteiger partial charge >= 0.3 is 0 Å². The fourth-order valence-corrected chi connectivity index (χ4v) is 2.88. The molecule has 0 spiro atoms. The first kappa shape index (κ1) is 12.4. The number of ether oxygens (including phenoxy) is 1. The van der Waals surface area contributed by atoms with Crippen LogP contribution in [0.4, 0.5) is 0 Å². The second-order valence-corrected chi connectivity index (χ2v) is 5.30. The maximum absolute atomic E-state index is 5.34. The van der Waals surface area contributed by atoms with Crippen LogP contribution in [0.2, 0.25) is 0 Å². The minimum absolute atomic E-state index is 0.338. The van der Waals surface area contributed by atoms with Crippen molar-refractivity contribution in [3.8, 4) is 5.75 Å². The lowest BCUT2D eigenvalue weighted by Gasteiger charge is -2.25. The summed E-state index contributed by atoms with van der Waals surface area (Å²) in [6, 6.07) is 4.72. The lowest BCUT2D eigenvalue weighted by Crippen LogP contribution is -2.30. The van der Waals surface area contributed by atoms with Gasteiger partial charge in [0.1, 0.15) is 0 Å². The molecule has 0 saturated carbocycles. The number of aromatic nitrogens is 3. The third-order valence-corrected chi connectivity index (χ3v) is 3.82. The molecule has 3 rings (SSSR count). The smallest absolute Gasteiger partial charge is 0.198 e. The van der Waals surface area contributed by atoms with Gasteiger partial charge in [-0.2, -0.15) is 0 Å². The van der Waals surface area contributed by atoms with Gasteiger partial charge in [0.25, 0.3) is 0 Å². The fourth-order valence-electron chi connectivity index (χ4n) is 2.88. The van der Waals surface area contributed by atoms with Crippen molar-refractivity contribution in [3.63, 3.8) is 0 Å². The molecule has 0 aliphatic carbocycles.